The van der Waals surface area contributed by atoms with Crippen molar-refractivity contribution in [2.24, 2.45) is 0 Å². The summed E-state index contributed by atoms with van der Waals surface area (Å²) in [6, 6.07) is 9.84. The Kier molecular flexibility index (Phi) is 3.23. The normalized spacial score (nSPS) is 13.3. The average molecular weight is 297 g/mol. The second-order valence-corrected chi connectivity index (χ2v) is 5.01. The fourth-order valence-corrected chi connectivity index (χ4v) is 2.40. The first-order valence-corrected chi connectivity index (χ1v) is 7.18. The van der Waals surface area contributed by atoms with E-state index in [1.54, 1.807) is 10.8 Å². The molecule has 22 heavy (non-hydrogen) atoms. The summed E-state index contributed by atoms with van der Waals surface area (Å²) in [6.07, 6.45) is 2.46. The summed E-state index contributed by atoms with van der Waals surface area (Å²) in [4.78, 5) is 0. The zero-order valence-corrected chi connectivity index (χ0v) is 11.9. The number of hydrogen-bond donors (Lipinski definition) is 1. The van der Waals surface area contributed by atoms with Crippen LogP contribution in [0.2, 0.25) is 0 Å². The lowest BCUT2D eigenvalue weighted by atomic mass is 10.1. The van der Waals surface area contributed by atoms with Gasteiger partial charge in [-0.05, 0) is 36.2 Å². The summed E-state index contributed by atoms with van der Waals surface area (Å²) in [5, 5.41) is 15.4. The Morgan fingerprint density at radius 1 is 1.09 bits per heavy atom. The van der Waals surface area contributed by atoms with E-state index in [0.29, 0.717) is 13.2 Å². The van der Waals surface area contributed by atoms with Crippen LogP contribution in [-0.4, -0.2) is 39.6 Å². The van der Waals surface area contributed by atoms with Crippen LogP contribution < -0.4 is 14.8 Å². The topological polar surface area (TPSA) is 73.6 Å². The molecule has 2 aromatic heterocycles. The minimum Gasteiger partial charge on any atom is -0.486 e. The third-order valence-electron chi connectivity index (χ3n) is 3.49. The Balaban J connectivity index is 1.40. The average Bonchev–Trinajstić information content (AvgIpc) is 3.02. The van der Waals surface area contributed by atoms with Gasteiger partial charge in [0.15, 0.2) is 17.1 Å². The number of aromatic nitrogens is 4. The first-order chi connectivity index (χ1) is 10.9. The summed E-state index contributed by atoms with van der Waals surface area (Å²) in [5.74, 6) is 2.44. The fraction of sp³-hybridized carbons (Fsp3) is 0.267. The molecule has 0 amide bonds. The predicted molar refractivity (Wildman–Crippen MR) is 80.4 cm³/mol. The van der Waals surface area contributed by atoms with Crippen molar-refractivity contribution in [2.75, 3.05) is 25.1 Å². The van der Waals surface area contributed by atoms with Gasteiger partial charge in [0.25, 0.3) is 0 Å². The van der Waals surface area contributed by atoms with Crippen LogP contribution in [0.1, 0.15) is 5.56 Å². The molecule has 112 valence electrons. The van der Waals surface area contributed by atoms with Gasteiger partial charge in [-0.3, -0.25) is 0 Å². The van der Waals surface area contributed by atoms with Crippen molar-refractivity contribution in [3.63, 3.8) is 0 Å². The third-order valence-corrected chi connectivity index (χ3v) is 3.49. The highest BCUT2D eigenvalue weighted by molar-refractivity contribution is 5.45. The Morgan fingerprint density at radius 2 is 2.00 bits per heavy atom. The van der Waals surface area contributed by atoms with Crippen LogP contribution in [0.25, 0.3) is 5.65 Å². The van der Waals surface area contributed by atoms with Gasteiger partial charge in [-0.2, -0.15) is 4.52 Å². The minimum atomic E-state index is 0.609. The molecule has 0 aliphatic carbocycles. The van der Waals surface area contributed by atoms with Crippen molar-refractivity contribution in [3.05, 3.63) is 42.2 Å². The van der Waals surface area contributed by atoms with Gasteiger partial charge in [0, 0.05) is 6.54 Å². The highest BCUT2D eigenvalue weighted by atomic mass is 16.6. The van der Waals surface area contributed by atoms with E-state index >= 15 is 0 Å². The number of benzene rings is 1. The largest absolute Gasteiger partial charge is 0.486 e. The number of anilines is 1. The molecule has 0 spiro atoms. The predicted octanol–water partition coefficient (Wildman–Crippen LogP) is 1.55. The number of nitrogens with one attached hydrogen (secondary N) is 1. The standard InChI is InChI=1S/C15H15N5O2/c1-2-12-13(22-8-7-21-12)9-11(1)5-6-16-14-3-4-15-18-17-10-20(15)19-14/h1-4,9-10H,5-8H2,(H,16,19). The molecule has 7 heteroatoms. The molecular formula is C15H15N5O2. The summed E-state index contributed by atoms with van der Waals surface area (Å²) < 4.78 is 12.8. The second kappa shape index (κ2) is 5.51. The van der Waals surface area contributed by atoms with Gasteiger partial charge in [0.2, 0.25) is 0 Å². The maximum atomic E-state index is 5.59. The maximum Gasteiger partial charge on any atom is 0.177 e. The van der Waals surface area contributed by atoms with Crippen molar-refractivity contribution in [3.8, 4) is 11.5 Å². The van der Waals surface area contributed by atoms with Crippen molar-refractivity contribution in [1.29, 1.82) is 0 Å². The van der Waals surface area contributed by atoms with Gasteiger partial charge < -0.3 is 14.8 Å². The Labute approximate surface area is 126 Å². The molecule has 3 aromatic rings. The maximum absolute atomic E-state index is 5.59. The molecule has 0 saturated carbocycles. The molecule has 0 atom stereocenters. The van der Waals surface area contributed by atoms with E-state index in [4.69, 9.17) is 9.47 Å². The van der Waals surface area contributed by atoms with Crippen LogP contribution in [-0.2, 0) is 6.42 Å². The molecule has 0 bridgehead atoms. The fourth-order valence-electron chi connectivity index (χ4n) is 2.40. The van der Waals surface area contributed by atoms with E-state index < -0.39 is 0 Å². The van der Waals surface area contributed by atoms with Crippen molar-refractivity contribution in [1.82, 2.24) is 19.8 Å². The molecule has 0 saturated heterocycles. The van der Waals surface area contributed by atoms with Crippen molar-refractivity contribution < 1.29 is 9.47 Å². The van der Waals surface area contributed by atoms with Gasteiger partial charge in [0.1, 0.15) is 25.4 Å². The number of nitrogens with zero attached hydrogens (tertiary/aromatic N) is 4. The number of fused-ring (bicyclic) bond motifs is 2. The highest BCUT2D eigenvalue weighted by Gasteiger charge is 2.11. The van der Waals surface area contributed by atoms with Gasteiger partial charge >= 0.3 is 0 Å². The SMILES string of the molecule is c1cc2c(cc1CCNc1ccc3nncn3n1)OCCO2. The van der Waals surface area contributed by atoms with Gasteiger partial charge in [-0.1, -0.05) is 6.07 Å². The molecule has 0 fully saturated rings. The second-order valence-electron chi connectivity index (χ2n) is 5.01. The van der Waals surface area contributed by atoms with E-state index in [0.717, 1.165) is 35.9 Å². The van der Waals surface area contributed by atoms with Crippen molar-refractivity contribution >= 4 is 11.5 Å². The van der Waals surface area contributed by atoms with E-state index in [1.165, 1.54) is 5.56 Å². The number of hydrogen-bond acceptors (Lipinski definition) is 6. The first-order valence-electron chi connectivity index (χ1n) is 7.18. The molecule has 1 aliphatic rings. The lowest BCUT2D eigenvalue weighted by Gasteiger charge is -2.18. The van der Waals surface area contributed by atoms with E-state index in [2.05, 4.69) is 26.7 Å². The van der Waals surface area contributed by atoms with Crippen LogP contribution in [0.4, 0.5) is 5.82 Å². The molecule has 1 N–H and O–H groups in total. The van der Waals surface area contributed by atoms with Gasteiger partial charge in [0.05, 0.1) is 0 Å². The molecule has 1 aromatic carbocycles. The molecule has 7 nitrogen and oxygen atoms in total. The van der Waals surface area contributed by atoms with E-state index in [1.807, 2.05) is 24.3 Å². The van der Waals surface area contributed by atoms with Crippen molar-refractivity contribution in [2.45, 2.75) is 6.42 Å². The third kappa shape index (κ3) is 2.52. The van der Waals surface area contributed by atoms with Crippen LogP contribution in [0.5, 0.6) is 11.5 Å². The molecule has 1 aliphatic heterocycles. The molecule has 0 radical (unpaired) electrons. The lowest BCUT2D eigenvalue weighted by molar-refractivity contribution is 0.171. The van der Waals surface area contributed by atoms with Crippen LogP contribution in [0, 0.1) is 0 Å². The summed E-state index contributed by atoms with van der Waals surface area (Å²) in [5.41, 5.74) is 1.93. The zero-order chi connectivity index (χ0) is 14.8. The van der Waals surface area contributed by atoms with Crippen LogP contribution in [0.15, 0.2) is 36.7 Å². The zero-order valence-electron chi connectivity index (χ0n) is 11.9. The minimum absolute atomic E-state index is 0.609. The van der Waals surface area contributed by atoms with Crippen LogP contribution >= 0.6 is 0 Å². The summed E-state index contributed by atoms with van der Waals surface area (Å²) >= 11 is 0. The first kappa shape index (κ1) is 12.9. The molecule has 3 heterocycles. The molecular weight excluding hydrogens is 282 g/mol. The highest BCUT2D eigenvalue weighted by Crippen LogP contribution is 2.30. The summed E-state index contributed by atoms with van der Waals surface area (Å²) in [7, 11) is 0. The Hall–Kier alpha value is -2.83. The lowest BCUT2D eigenvalue weighted by Crippen LogP contribution is -2.15. The Bertz CT molecular complexity index is 801. The number of rotatable bonds is 4. The quantitative estimate of drug-likeness (QED) is 0.787. The molecule has 0 unspecified atom stereocenters. The summed E-state index contributed by atoms with van der Waals surface area (Å²) in [6.45, 7) is 2.00. The number of ether oxygens (including phenoxy) is 2. The van der Waals surface area contributed by atoms with Gasteiger partial charge in [-0.25, -0.2) is 0 Å². The van der Waals surface area contributed by atoms with Crippen LogP contribution in [0.3, 0.4) is 0 Å². The van der Waals surface area contributed by atoms with Gasteiger partial charge in [-0.15, -0.1) is 15.3 Å². The van der Waals surface area contributed by atoms with E-state index in [9.17, 15) is 0 Å². The Morgan fingerprint density at radius 3 is 2.95 bits per heavy atom. The van der Waals surface area contributed by atoms with E-state index in [-0.39, 0.29) is 0 Å². The molecule has 4 rings (SSSR count). The monoisotopic (exact) mass is 297 g/mol. The smallest absolute Gasteiger partial charge is 0.177 e.